The largest absolute Gasteiger partial charge is 0.495 e. The Morgan fingerprint density at radius 1 is 1.41 bits per heavy atom. The Morgan fingerprint density at radius 2 is 2.12 bits per heavy atom. The van der Waals surface area contributed by atoms with Crippen molar-refractivity contribution in [2.75, 3.05) is 12.9 Å². The fraction of sp³-hybridized carbons (Fsp3) is 0.417. The van der Waals surface area contributed by atoms with E-state index in [-0.39, 0.29) is 11.5 Å². The summed E-state index contributed by atoms with van der Waals surface area (Å²) >= 11 is 0. The van der Waals surface area contributed by atoms with E-state index in [0.717, 1.165) is 0 Å². The Morgan fingerprint density at radius 3 is 2.65 bits per heavy atom. The van der Waals surface area contributed by atoms with Gasteiger partial charge in [-0.2, -0.15) is 5.26 Å². The van der Waals surface area contributed by atoms with Crippen LogP contribution in [-0.2, 0) is 15.6 Å². The van der Waals surface area contributed by atoms with Gasteiger partial charge in [0.25, 0.3) is 0 Å². The average molecular weight is 253 g/mol. The van der Waals surface area contributed by atoms with Gasteiger partial charge >= 0.3 is 0 Å². The predicted molar refractivity (Wildman–Crippen MR) is 65.5 cm³/mol. The molecule has 0 aliphatic carbocycles. The average Bonchev–Trinajstić information content (AvgIpc) is 2.28. The van der Waals surface area contributed by atoms with Crippen LogP contribution in [0.3, 0.4) is 0 Å². The Kier molecular flexibility index (Phi) is 4.53. The molecule has 17 heavy (non-hydrogen) atoms. The molecule has 4 nitrogen and oxygen atoms in total. The third-order valence-corrected chi connectivity index (χ3v) is 4.09. The van der Waals surface area contributed by atoms with Crippen molar-refractivity contribution in [1.82, 2.24) is 0 Å². The molecule has 0 heterocycles. The molecule has 92 valence electrons. The maximum absolute atomic E-state index is 11.6. The van der Waals surface area contributed by atoms with Gasteiger partial charge < -0.3 is 4.74 Å². The lowest BCUT2D eigenvalue weighted by Gasteiger charge is -2.06. The van der Waals surface area contributed by atoms with Gasteiger partial charge in [-0.05, 0) is 24.1 Å². The molecule has 0 radical (unpaired) electrons. The predicted octanol–water partition coefficient (Wildman–Crippen LogP) is 1.89. The number of methoxy groups -OCH3 is 1. The molecule has 0 spiro atoms. The molecule has 0 bridgehead atoms. The third kappa shape index (κ3) is 3.75. The van der Waals surface area contributed by atoms with Crippen LogP contribution in [0.4, 0.5) is 0 Å². The fourth-order valence-corrected chi connectivity index (χ4v) is 3.01. The summed E-state index contributed by atoms with van der Waals surface area (Å²) in [7, 11) is -1.61. The van der Waals surface area contributed by atoms with Gasteiger partial charge in [0.15, 0.2) is 9.84 Å². The molecule has 0 saturated carbocycles. The van der Waals surface area contributed by atoms with Crippen molar-refractivity contribution in [2.45, 2.75) is 19.1 Å². The molecule has 0 atom stereocenters. The van der Waals surface area contributed by atoms with E-state index in [1.807, 2.05) is 13.0 Å². The molecule has 0 aliphatic heterocycles. The minimum atomic E-state index is -3.07. The van der Waals surface area contributed by atoms with E-state index < -0.39 is 9.84 Å². The van der Waals surface area contributed by atoms with Crippen LogP contribution in [-0.4, -0.2) is 21.3 Å². The lowest BCUT2D eigenvalue weighted by atomic mass is 10.1. The quantitative estimate of drug-likeness (QED) is 0.803. The van der Waals surface area contributed by atoms with Crippen LogP contribution in [0.5, 0.6) is 5.75 Å². The molecule has 0 aliphatic rings. The highest BCUT2D eigenvalue weighted by atomic mass is 32.2. The second kappa shape index (κ2) is 5.69. The van der Waals surface area contributed by atoms with Gasteiger partial charge in [-0.15, -0.1) is 0 Å². The van der Waals surface area contributed by atoms with Gasteiger partial charge in [0.2, 0.25) is 0 Å². The van der Waals surface area contributed by atoms with Crippen molar-refractivity contribution in [2.24, 2.45) is 0 Å². The van der Waals surface area contributed by atoms with Crippen molar-refractivity contribution < 1.29 is 13.2 Å². The van der Waals surface area contributed by atoms with Crippen molar-refractivity contribution in [1.29, 1.82) is 5.26 Å². The number of hydrogen-bond acceptors (Lipinski definition) is 4. The van der Waals surface area contributed by atoms with Crippen LogP contribution in [0, 0.1) is 11.3 Å². The van der Waals surface area contributed by atoms with Crippen LogP contribution < -0.4 is 4.74 Å². The van der Waals surface area contributed by atoms with E-state index in [0.29, 0.717) is 23.3 Å². The molecular weight excluding hydrogens is 238 g/mol. The standard InChI is InChI=1S/C12H15NO3S/c1-3-6-17(14,15)9-10-4-5-11(8-13)12(7-10)16-2/h4-5,7H,3,6,9H2,1-2H3. The summed E-state index contributed by atoms with van der Waals surface area (Å²) in [4.78, 5) is 0. The number of nitriles is 1. The van der Waals surface area contributed by atoms with Crippen LogP contribution in [0.1, 0.15) is 24.5 Å². The highest BCUT2D eigenvalue weighted by molar-refractivity contribution is 7.90. The monoisotopic (exact) mass is 253 g/mol. The smallest absolute Gasteiger partial charge is 0.154 e. The van der Waals surface area contributed by atoms with Crippen LogP contribution in [0.15, 0.2) is 18.2 Å². The number of hydrogen-bond donors (Lipinski definition) is 0. The Labute approximate surface area is 102 Å². The number of rotatable bonds is 5. The summed E-state index contributed by atoms with van der Waals surface area (Å²) in [6, 6.07) is 6.82. The summed E-state index contributed by atoms with van der Waals surface area (Å²) in [5.74, 6) is 0.579. The topological polar surface area (TPSA) is 67.2 Å². The fourth-order valence-electron chi connectivity index (χ4n) is 1.55. The summed E-state index contributed by atoms with van der Waals surface area (Å²) in [6.07, 6.45) is 0.607. The molecule has 1 aromatic rings. The van der Waals surface area contributed by atoms with E-state index in [4.69, 9.17) is 10.00 Å². The Hall–Kier alpha value is -1.54. The van der Waals surface area contributed by atoms with Gasteiger partial charge in [-0.3, -0.25) is 0 Å². The summed E-state index contributed by atoms with van der Waals surface area (Å²) in [5.41, 5.74) is 1.05. The van der Waals surface area contributed by atoms with Crippen molar-refractivity contribution in [3.8, 4) is 11.8 Å². The zero-order chi connectivity index (χ0) is 12.9. The molecule has 0 fully saturated rings. The van der Waals surface area contributed by atoms with Crippen molar-refractivity contribution in [3.63, 3.8) is 0 Å². The minimum absolute atomic E-state index is 0.0110. The van der Waals surface area contributed by atoms with Gasteiger partial charge in [-0.1, -0.05) is 13.0 Å². The van der Waals surface area contributed by atoms with Gasteiger partial charge in [-0.25, -0.2) is 8.42 Å². The number of nitrogens with zero attached hydrogens (tertiary/aromatic N) is 1. The van der Waals surface area contributed by atoms with E-state index in [9.17, 15) is 8.42 Å². The Balaban J connectivity index is 2.99. The molecule has 0 amide bonds. The maximum Gasteiger partial charge on any atom is 0.154 e. The molecule has 0 N–H and O–H groups in total. The maximum atomic E-state index is 11.6. The second-order valence-corrected chi connectivity index (χ2v) is 5.92. The first kappa shape index (κ1) is 13.5. The van der Waals surface area contributed by atoms with Crippen LogP contribution in [0.25, 0.3) is 0 Å². The molecule has 5 heteroatoms. The summed E-state index contributed by atoms with van der Waals surface area (Å²) in [5, 5.41) is 8.81. The lowest BCUT2D eigenvalue weighted by molar-refractivity contribution is 0.413. The second-order valence-electron chi connectivity index (χ2n) is 3.74. The molecule has 1 aromatic carbocycles. The van der Waals surface area contributed by atoms with Crippen molar-refractivity contribution in [3.05, 3.63) is 29.3 Å². The minimum Gasteiger partial charge on any atom is -0.495 e. The van der Waals surface area contributed by atoms with Gasteiger partial charge in [0, 0.05) is 0 Å². The number of benzene rings is 1. The third-order valence-electron chi connectivity index (χ3n) is 2.29. The molecular formula is C12H15NO3S. The van der Waals surface area contributed by atoms with E-state index in [1.165, 1.54) is 7.11 Å². The summed E-state index contributed by atoms with van der Waals surface area (Å²) in [6.45, 7) is 1.83. The SMILES string of the molecule is CCCS(=O)(=O)Cc1ccc(C#N)c(OC)c1. The van der Waals surface area contributed by atoms with Crippen LogP contribution >= 0.6 is 0 Å². The zero-order valence-corrected chi connectivity index (χ0v) is 10.8. The molecule has 0 unspecified atom stereocenters. The van der Waals surface area contributed by atoms with Crippen molar-refractivity contribution >= 4 is 9.84 Å². The van der Waals surface area contributed by atoms with E-state index in [2.05, 4.69) is 0 Å². The highest BCUT2D eigenvalue weighted by Gasteiger charge is 2.12. The Bertz CT molecular complexity index is 529. The zero-order valence-electron chi connectivity index (χ0n) is 9.93. The normalized spacial score (nSPS) is 10.9. The summed E-state index contributed by atoms with van der Waals surface area (Å²) < 4.78 is 28.3. The highest BCUT2D eigenvalue weighted by Crippen LogP contribution is 2.20. The molecule has 1 rings (SSSR count). The van der Waals surface area contributed by atoms with Gasteiger partial charge in [0.05, 0.1) is 24.2 Å². The first-order valence-electron chi connectivity index (χ1n) is 5.30. The van der Waals surface area contributed by atoms with E-state index in [1.54, 1.807) is 18.2 Å². The molecule has 0 aromatic heterocycles. The number of sulfone groups is 1. The number of ether oxygens (including phenoxy) is 1. The van der Waals surface area contributed by atoms with Gasteiger partial charge in [0.1, 0.15) is 11.8 Å². The van der Waals surface area contributed by atoms with Crippen LogP contribution in [0.2, 0.25) is 0 Å². The lowest BCUT2D eigenvalue weighted by Crippen LogP contribution is -2.08. The first-order chi connectivity index (χ1) is 8.02. The first-order valence-corrected chi connectivity index (χ1v) is 7.12. The van der Waals surface area contributed by atoms with E-state index >= 15 is 0 Å². The molecule has 0 saturated heterocycles.